The van der Waals surface area contributed by atoms with Gasteiger partial charge in [0.1, 0.15) is 5.82 Å². The Morgan fingerprint density at radius 3 is 2.27 bits per heavy atom. The molecule has 1 saturated carbocycles. The molecule has 1 aliphatic rings. The van der Waals surface area contributed by atoms with Gasteiger partial charge in [-0.1, -0.05) is 0 Å². The number of rotatable bonds is 1. The predicted molar refractivity (Wildman–Crippen MR) is 53.7 cm³/mol. The monoisotopic (exact) mass is 279 g/mol. The summed E-state index contributed by atoms with van der Waals surface area (Å²) in [5.74, 6) is -3.04. The topological polar surface area (TPSA) is 26.0 Å². The fourth-order valence-electron chi connectivity index (χ4n) is 1.82. The van der Waals surface area contributed by atoms with Crippen molar-refractivity contribution in [2.45, 2.75) is 24.8 Å². The van der Waals surface area contributed by atoms with E-state index >= 15 is 0 Å². The van der Waals surface area contributed by atoms with Crippen LogP contribution in [-0.2, 0) is 5.54 Å². The fourth-order valence-corrected chi connectivity index (χ4v) is 2.22. The van der Waals surface area contributed by atoms with E-state index in [0.717, 1.165) is 12.5 Å². The maximum Gasteiger partial charge on any atom is 0.166 e. The average molecular weight is 280 g/mol. The zero-order valence-corrected chi connectivity index (χ0v) is 9.37. The molecule has 82 valence electrons. The van der Waals surface area contributed by atoms with Crippen LogP contribution in [0.4, 0.5) is 13.2 Å². The zero-order valence-electron chi connectivity index (χ0n) is 7.79. The molecule has 0 atom stereocenters. The van der Waals surface area contributed by atoms with Crippen LogP contribution in [0.3, 0.4) is 0 Å². The molecule has 0 amide bonds. The Kier molecular flexibility index (Phi) is 2.55. The second-order valence-corrected chi connectivity index (χ2v) is 4.71. The summed E-state index contributed by atoms with van der Waals surface area (Å²) in [6, 6.07) is 0.774. The average Bonchev–Trinajstić information content (AvgIpc) is 2.12. The van der Waals surface area contributed by atoms with Gasteiger partial charge in [-0.3, -0.25) is 0 Å². The van der Waals surface area contributed by atoms with Crippen molar-refractivity contribution in [1.29, 1.82) is 0 Å². The van der Waals surface area contributed by atoms with E-state index in [-0.39, 0.29) is 10.0 Å². The smallest absolute Gasteiger partial charge is 0.166 e. The number of hydrogen-bond acceptors (Lipinski definition) is 1. The molecule has 1 aromatic carbocycles. The number of halogens is 4. The molecule has 1 aromatic rings. The highest BCUT2D eigenvalue weighted by molar-refractivity contribution is 9.10. The zero-order chi connectivity index (χ0) is 11.2. The SMILES string of the molecule is NC1(c2c(F)c(F)cc(Br)c2F)CCC1. The molecular formula is C10H9BrF3N. The minimum atomic E-state index is -1.17. The quantitative estimate of drug-likeness (QED) is 0.785. The van der Waals surface area contributed by atoms with E-state index in [4.69, 9.17) is 5.73 Å². The second kappa shape index (κ2) is 3.49. The van der Waals surface area contributed by atoms with E-state index in [2.05, 4.69) is 15.9 Å². The van der Waals surface area contributed by atoms with Crippen molar-refractivity contribution in [3.05, 3.63) is 33.6 Å². The van der Waals surface area contributed by atoms with Gasteiger partial charge in [0.25, 0.3) is 0 Å². The van der Waals surface area contributed by atoms with E-state index in [9.17, 15) is 13.2 Å². The summed E-state index contributed by atoms with van der Waals surface area (Å²) >= 11 is 2.84. The Balaban J connectivity index is 2.63. The van der Waals surface area contributed by atoms with Crippen molar-refractivity contribution in [3.8, 4) is 0 Å². The molecule has 1 aliphatic carbocycles. The first-order chi connectivity index (χ1) is 6.96. The van der Waals surface area contributed by atoms with Crippen molar-refractivity contribution in [2.75, 3.05) is 0 Å². The van der Waals surface area contributed by atoms with Gasteiger partial charge in [-0.05, 0) is 41.3 Å². The van der Waals surface area contributed by atoms with E-state index in [1.165, 1.54) is 0 Å². The Morgan fingerprint density at radius 1 is 1.20 bits per heavy atom. The minimum absolute atomic E-state index is 0.0897. The first-order valence-corrected chi connectivity index (χ1v) is 5.37. The molecule has 2 N–H and O–H groups in total. The summed E-state index contributed by atoms with van der Waals surface area (Å²) in [6.45, 7) is 0. The van der Waals surface area contributed by atoms with Gasteiger partial charge in [-0.2, -0.15) is 0 Å². The molecule has 0 heterocycles. The summed E-state index contributed by atoms with van der Waals surface area (Å²) in [5, 5.41) is 0. The van der Waals surface area contributed by atoms with Gasteiger partial charge in [0.2, 0.25) is 0 Å². The third-order valence-corrected chi connectivity index (χ3v) is 3.43. The summed E-state index contributed by atoms with van der Waals surface area (Å²) in [5.41, 5.74) is 4.42. The minimum Gasteiger partial charge on any atom is -0.321 e. The van der Waals surface area contributed by atoms with Gasteiger partial charge in [0.05, 0.1) is 4.47 Å². The molecule has 0 aliphatic heterocycles. The Labute approximate surface area is 93.6 Å². The van der Waals surface area contributed by atoms with E-state index in [0.29, 0.717) is 12.8 Å². The maximum absolute atomic E-state index is 13.6. The molecule has 0 saturated heterocycles. The Morgan fingerprint density at radius 2 is 1.80 bits per heavy atom. The molecule has 2 rings (SSSR count). The van der Waals surface area contributed by atoms with Gasteiger partial charge in [0, 0.05) is 11.1 Å². The van der Waals surface area contributed by atoms with Crippen LogP contribution in [-0.4, -0.2) is 0 Å². The lowest BCUT2D eigenvalue weighted by Gasteiger charge is -2.39. The molecule has 0 radical (unpaired) electrons. The van der Waals surface area contributed by atoms with Gasteiger partial charge in [0.15, 0.2) is 11.6 Å². The lowest BCUT2D eigenvalue weighted by atomic mass is 9.72. The molecule has 1 fully saturated rings. The lowest BCUT2D eigenvalue weighted by Crippen LogP contribution is -2.45. The number of nitrogens with two attached hydrogens (primary N) is 1. The standard InChI is InChI=1S/C10H9BrF3N/c11-5-4-6(12)9(14)7(8(5)13)10(15)2-1-3-10/h4H,1-3,15H2. The van der Waals surface area contributed by atoms with Crippen LogP contribution < -0.4 is 5.73 Å². The molecular weight excluding hydrogens is 271 g/mol. The Bertz CT molecular complexity index is 389. The van der Waals surface area contributed by atoms with E-state index in [1.807, 2.05) is 0 Å². The molecule has 5 heteroatoms. The van der Waals surface area contributed by atoms with Crippen LogP contribution in [0.1, 0.15) is 24.8 Å². The second-order valence-electron chi connectivity index (χ2n) is 3.85. The Hall–Kier alpha value is -0.550. The molecule has 0 spiro atoms. The van der Waals surface area contributed by atoms with Crippen molar-refractivity contribution in [1.82, 2.24) is 0 Å². The van der Waals surface area contributed by atoms with Crippen molar-refractivity contribution in [3.63, 3.8) is 0 Å². The molecule has 0 aromatic heterocycles. The highest BCUT2D eigenvalue weighted by atomic mass is 79.9. The van der Waals surface area contributed by atoms with Crippen molar-refractivity contribution < 1.29 is 13.2 Å². The number of benzene rings is 1. The van der Waals surface area contributed by atoms with Crippen LogP contribution >= 0.6 is 15.9 Å². The first-order valence-electron chi connectivity index (χ1n) is 4.58. The molecule has 0 bridgehead atoms. The maximum atomic E-state index is 13.6. The molecule has 1 nitrogen and oxygen atoms in total. The van der Waals surface area contributed by atoms with Gasteiger partial charge < -0.3 is 5.73 Å². The van der Waals surface area contributed by atoms with Gasteiger partial charge >= 0.3 is 0 Å². The molecule has 0 unspecified atom stereocenters. The third-order valence-electron chi connectivity index (χ3n) is 2.86. The predicted octanol–water partition coefficient (Wildman–Crippen LogP) is 3.20. The number of hydrogen-bond donors (Lipinski definition) is 1. The summed E-state index contributed by atoms with van der Waals surface area (Å²) in [6.07, 6.45) is 1.77. The normalized spacial score (nSPS) is 18.7. The van der Waals surface area contributed by atoms with Gasteiger partial charge in [-0.15, -0.1) is 0 Å². The van der Waals surface area contributed by atoms with Crippen LogP contribution in [0.5, 0.6) is 0 Å². The first kappa shape index (κ1) is 11.0. The summed E-state index contributed by atoms with van der Waals surface area (Å²) in [4.78, 5) is 0. The fraction of sp³-hybridized carbons (Fsp3) is 0.400. The van der Waals surface area contributed by atoms with Crippen LogP contribution in [0.15, 0.2) is 10.5 Å². The van der Waals surface area contributed by atoms with E-state index in [1.54, 1.807) is 0 Å². The van der Waals surface area contributed by atoms with Crippen molar-refractivity contribution in [2.24, 2.45) is 5.73 Å². The highest BCUT2D eigenvalue weighted by Gasteiger charge is 2.40. The lowest BCUT2D eigenvalue weighted by molar-refractivity contribution is 0.232. The van der Waals surface area contributed by atoms with Gasteiger partial charge in [-0.25, -0.2) is 13.2 Å². The van der Waals surface area contributed by atoms with E-state index < -0.39 is 23.0 Å². The van der Waals surface area contributed by atoms with Crippen LogP contribution in [0.25, 0.3) is 0 Å². The van der Waals surface area contributed by atoms with Crippen LogP contribution in [0.2, 0.25) is 0 Å². The highest BCUT2D eigenvalue weighted by Crippen LogP contribution is 2.42. The van der Waals surface area contributed by atoms with Crippen LogP contribution in [0, 0.1) is 17.5 Å². The third kappa shape index (κ3) is 1.58. The van der Waals surface area contributed by atoms with Crippen molar-refractivity contribution >= 4 is 15.9 Å². The summed E-state index contributed by atoms with van der Waals surface area (Å²) in [7, 11) is 0. The summed E-state index contributed by atoms with van der Waals surface area (Å²) < 4.78 is 40.1. The largest absolute Gasteiger partial charge is 0.321 e. The molecule has 15 heavy (non-hydrogen) atoms.